The Bertz CT molecular complexity index is 1240. The lowest BCUT2D eigenvalue weighted by atomic mass is 9.87. The molecule has 0 saturated carbocycles. The molecule has 2 unspecified atom stereocenters. The molecule has 4 aromatic rings. The minimum absolute atomic E-state index is 0.497. The van der Waals surface area contributed by atoms with Crippen LogP contribution in [0.1, 0.15) is 16.3 Å². The van der Waals surface area contributed by atoms with Crippen molar-refractivity contribution in [3.8, 4) is 11.4 Å². The summed E-state index contributed by atoms with van der Waals surface area (Å²) in [5.74, 6) is 2.12. The summed E-state index contributed by atoms with van der Waals surface area (Å²) in [4.78, 5) is 24.7. The number of nitrogen functional groups attached to an aromatic ring is 1. The summed E-state index contributed by atoms with van der Waals surface area (Å²) in [6.45, 7) is 5.10. The lowest BCUT2D eigenvalue weighted by molar-refractivity contribution is -0.00872. The number of piperidine rings is 1. The molecule has 156 valence electrons. The molecule has 2 bridgehead atoms. The van der Waals surface area contributed by atoms with Crippen molar-refractivity contribution in [1.29, 1.82) is 0 Å². The van der Waals surface area contributed by atoms with Gasteiger partial charge in [0.15, 0.2) is 5.82 Å². The highest BCUT2D eigenvalue weighted by Crippen LogP contribution is 2.36. The van der Waals surface area contributed by atoms with Gasteiger partial charge in [-0.2, -0.15) is 0 Å². The molecule has 1 aromatic carbocycles. The second kappa shape index (κ2) is 7.25. The fraction of sp³-hybridized carbons (Fsp3) is 0.304. The summed E-state index contributed by atoms with van der Waals surface area (Å²) >= 11 is 1.80. The summed E-state index contributed by atoms with van der Waals surface area (Å²) in [5.41, 5.74) is 7.87. The van der Waals surface area contributed by atoms with Crippen LogP contribution in [0.15, 0.2) is 48.8 Å². The Morgan fingerprint density at radius 1 is 1.03 bits per heavy atom. The lowest BCUT2D eigenvalue weighted by Crippen LogP contribution is -2.68. The number of benzene rings is 1. The number of pyridine rings is 1. The van der Waals surface area contributed by atoms with E-state index in [9.17, 15) is 0 Å². The average molecular weight is 430 g/mol. The summed E-state index contributed by atoms with van der Waals surface area (Å²) < 4.78 is 0. The number of hydrogen-bond donors (Lipinski definition) is 1. The molecule has 3 fully saturated rings. The van der Waals surface area contributed by atoms with Gasteiger partial charge >= 0.3 is 0 Å². The third kappa shape index (κ3) is 3.32. The number of aromatic nitrogens is 4. The molecule has 2 N–H and O–H groups in total. The van der Waals surface area contributed by atoms with E-state index in [2.05, 4.69) is 37.7 Å². The van der Waals surface area contributed by atoms with Crippen LogP contribution in [-0.4, -0.2) is 50.0 Å². The highest BCUT2D eigenvalue weighted by molar-refractivity contribution is 7.11. The minimum atomic E-state index is 0.497. The molecule has 6 heterocycles. The predicted molar refractivity (Wildman–Crippen MR) is 124 cm³/mol. The van der Waals surface area contributed by atoms with Crippen LogP contribution >= 0.6 is 11.3 Å². The van der Waals surface area contributed by atoms with Crippen molar-refractivity contribution < 1.29 is 0 Å². The largest absolute Gasteiger partial charge is 0.383 e. The maximum atomic E-state index is 6.14. The quantitative estimate of drug-likeness (QED) is 0.531. The van der Waals surface area contributed by atoms with Gasteiger partial charge in [-0.25, -0.2) is 19.9 Å². The van der Waals surface area contributed by atoms with Gasteiger partial charge in [0.2, 0.25) is 0 Å². The number of nitrogens with two attached hydrogens (primary N) is 1. The Morgan fingerprint density at radius 2 is 1.87 bits per heavy atom. The van der Waals surface area contributed by atoms with Crippen molar-refractivity contribution in [1.82, 2.24) is 24.8 Å². The fourth-order valence-electron chi connectivity index (χ4n) is 4.70. The molecule has 8 heteroatoms. The second-order valence-electron chi connectivity index (χ2n) is 8.34. The highest BCUT2D eigenvalue weighted by atomic mass is 32.1. The average Bonchev–Trinajstić information content (AvgIpc) is 3.22. The Balaban J connectivity index is 1.17. The number of piperazine rings is 1. The van der Waals surface area contributed by atoms with E-state index in [1.807, 2.05) is 42.7 Å². The van der Waals surface area contributed by atoms with Crippen molar-refractivity contribution in [2.24, 2.45) is 0 Å². The van der Waals surface area contributed by atoms with Crippen LogP contribution in [-0.2, 0) is 6.54 Å². The van der Waals surface area contributed by atoms with Gasteiger partial charge in [0.05, 0.1) is 12.1 Å². The molecule has 7 rings (SSSR count). The zero-order valence-corrected chi connectivity index (χ0v) is 18.1. The van der Waals surface area contributed by atoms with Crippen LogP contribution in [0, 0.1) is 6.92 Å². The molecule has 7 nitrogen and oxygen atoms in total. The molecule has 3 saturated heterocycles. The van der Waals surface area contributed by atoms with Gasteiger partial charge < -0.3 is 10.6 Å². The van der Waals surface area contributed by atoms with Crippen molar-refractivity contribution in [2.75, 3.05) is 23.7 Å². The predicted octanol–water partition coefficient (Wildman–Crippen LogP) is 3.50. The Kier molecular flexibility index (Phi) is 4.36. The first kappa shape index (κ1) is 18.7. The van der Waals surface area contributed by atoms with E-state index in [0.29, 0.717) is 23.7 Å². The standard InChI is InChI=1S/C23H23N7S/c1-14-9-26-21(31-14)13-30-16-8-17(30)12-29(11-16)20-7-6-15(10-25-20)23-27-19-5-3-2-4-18(19)22(24)28-23/h2-7,9-10,16-17H,8,11-13H2,1H3,(H2,24,27,28). The van der Waals surface area contributed by atoms with E-state index in [1.165, 1.54) is 16.3 Å². The SMILES string of the molecule is Cc1cnc(CN2C3CC2CN(c2ccc(-c4nc(N)c5ccccc5n4)cn2)C3)s1. The lowest BCUT2D eigenvalue weighted by Gasteiger charge is -2.56. The molecule has 0 radical (unpaired) electrons. The van der Waals surface area contributed by atoms with Gasteiger partial charge in [-0.05, 0) is 37.6 Å². The topological polar surface area (TPSA) is 84.1 Å². The van der Waals surface area contributed by atoms with E-state index in [0.717, 1.165) is 41.9 Å². The zero-order valence-electron chi connectivity index (χ0n) is 17.3. The number of fused-ring (bicyclic) bond motifs is 3. The van der Waals surface area contributed by atoms with Gasteiger partial charge in [0.1, 0.15) is 16.6 Å². The molecule has 2 atom stereocenters. The maximum absolute atomic E-state index is 6.14. The summed E-state index contributed by atoms with van der Waals surface area (Å²) in [6, 6.07) is 13.1. The Hall–Kier alpha value is -3.10. The van der Waals surface area contributed by atoms with Gasteiger partial charge in [-0.1, -0.05) is 12.1 Å². The minimum Gasteiger partial charge on any atom is -0.383 e. The van der Waals surface area contributed by atoms with Crippen molar-refractivity contribution in [3.63, 3.8) is 0 Å². The van der Waals surface area contributed by atoms with Crippen molar-refractivity contribution in [3.05, 3.63) is 58.7 Å². The smallest absolute Gasteiger partial charge is 0.163 e. The van der Waals surface area contributed by atoms with Gasteiger partial charge in [-0.15, -0.1) is 11.3 Å². The number of thiazole rings is 1. The first-order valence-electron chi connectivity index (χ1n) is 10.5. The summed E-state index contributed by atoms with van der Waals surface area (Å²) in [5, 5.41) is 2.10. The van der Waals surface area contributed by atoms with E-state index >= 15 is 0 Å². The van der Waals surface area contributed by atoms with Crippen LogP contribution in [0.25, 0.3) is 22.3 Å². The summed E-state index contributed by atoms with van der Waals surface area (Å²) in [6.07, 6.45) is 5.10. The number of aryl methyl sites for hydroxylation is 1. The molecule has 31 heavy (non-hydrogen) atoms. The van der Waals surface area contributed by atoms with Crippen LogP contribution < -0.4 is 10.6 Å². The van der Waals surface area contributed by atoms with Crippen LogP contribution in [0.2, 0.25) is 0 Å². The van der Waals surface area contributed by atoms with E-state index in [-0.39, 0.29) is 0 Å². The Morgan fingerprint density at radius 3 is 2.61 bits per heavy atom. The van der Waals surface area contributed by atoms with Gasteiger partial charge in [0.25, 0.3) is 0 Å². The molecule has 0 aliphatic carbocycles. The maximum Gasteiger partial charge on any atom is 0.163 e. The van der Waals surface area contributed by atoms with Gasteiger partial charge in [-0.3, -0.25) is 4.90 Å². The normalized spacial score (nSPS) is 20.7. The van der Waals surface area contributed by atoms with E-state index in [4.69, 9.17) is 10.7 Å². The summed E-state index contributed by atoms with van der Waals surface area (Å²) in [7, 11) is 0. The first-order chi connectivity index (χ1) is 15.1. The molecule has 3 aliphatic rings. The third-order valence-corrected chi connectivity index (χ3v) is 7.19. The number of anilines is 2. The molecule has 3 aliphatic heterocycles. The number of hydrogen-bond acceptors (Lipinski definition) is 8. The zero-order chi connectivity index (χ0) is 20.9. The van der Waals surface area contributed by atoms with Crippen LogP contribution in [0.4, 0.5) is 11.6 Å². The number of para-hydroxylation sites is 1. The number of rotatable bonds is 4. The van der Waals surface area contributed by atoms with E-state index < -0.39 is 0 Å². The second-order valence-corrected chi connectivity index (χ2v) is 9.66. The highest BCUT2D eigenvalue weighted by Gasteiger charge is 2.45. The molecular formula is C23H23N7S. The number of nitrogens with zero attached hydrogens (tertiary/aromatic N) is 6. The molecular weight excluding hydrogens is 406 g/mol. The van der Waals surface area contributed by atoms with E-state index in [1.54, 1.807) is 11.3 Å². The third-order valence-electron chi connectivity index (χ3n) is 6.29. The molecule has 0 amide bonds. The van der Waals surface area contributed by atoms with Crippen molar-refractivity contribution >= 4 is 33.9 Å². The first-order valence-corrected chi connectivity index (χ1v) is 11.4. The monoisotopic (exact) mass is 429 g/mol. The van der Waals surface area contributed by atoms with Crippen LogP contribution in [0.3, 0.4) is 0 Å². The van der Waals surface area contributed by atoms with Crippen molar-refractivity contribution in [2.45, 2.75) is 32.0 Å². The fourth-order valence-corrected chi connectivity index (χ4v) is 5.49. The van der Waals surface area contributed by atoms with Gasteiger partial charge in [0, 0.05) is 53.4 Å². The molecule has 0 spiro atoms. The Labute approximate surface area is 184 Å². The van der Waals surface area contributed by atoms with Crippen LogP contribution in [0.5, 0.6) is 0 Å². The molecule has 3 aromatic heterocycles.